The summed E-state index contributed by atoms with van der Waals surface area (Å²) in [5.74, 6) is 0. The van der Waals surface area contributed by atoms with Gasteiger partial charge in [0.1, 0.15) is 0 Å². The van der Waals surface area contributed by atoms with Crippen LogP contribution < -0.4 is 5.32 Å². The Balaban J connectivity index is 1.96. The number of hydrogen-bond donors (Lipinski definition) is 1. The van der Waals surface area contributed by atoms with Gasteiger partial charge in [0.05, 0.1) is 4.87 Å². The Kier molecular flexibility index (Phi) is 4.20. The van der Waals surface area contributed by atoms with Crippen molar-refractivity contribution < 1.29 is 0 Å². The molecule has 2 saturated heterocycles. The summed E-state index contributed by atoms with van der Waals surface area (Å²) in [5, 5.41) is 4.64. The van der Waals surface area contributed by atoms with Gasteiger partial charge >= 0.3 is 0 Å². The minimum atomic E-state index is 0.404. The molecule has 2 aliphatic heterocycles. The molecule has 0 amide bonds. The first kappa shape index (κ1) is 12.7. The highest BCUT2D eigenvalue weighted by Crippen LogP contribution is 2.40. The lowest BCUT2D eigenvalue weighted by Crippen LogP contribution is -2.48. The molecule has 1 N–H and O–H groups in total. The largest absolute Gasteiger partial charge is 0.303 e. The van der Waals surface area contributed by atoms with Crippen LogP contribution in [0.4, 0.5) is 0 Å². The van der Waals surface area contributed by atoms with Gasteiger partial charge < -0.3 is 10.2 Å². The van der Waals surface area contributed by atoms with Gasteiger partial charge in [-0.2, -0.15) is 0 Å². The SMILES string of the molecule is CC1CCNC2(CCCN(C(C)C)CC2)S1. The van der Waals surface area contributed by atoms with Crippen molar-refractivity contribution in [3.63, 3.8) is 0 Å². The minimum absolute atomic E-state index is 0.404. The van der Waals surface area contributed by atoms with Crippen molar-refractivity contribution in [2.45, 2.75) is 62.6 Å². The van der Waals surface area contributed by atoms with Crippen molar-refractivity contribution >= 4 is 11.8 Å². The molecule has 2 rings (SSSR count). The van der Waals surface area contributed by atoms with E-state index in [1.807, 2.05) is 0 Å². The molecule has 2 aliphatic rings. The standard InChI is InChI=1S/C13H26N2S/c1-11(2)15-9-4-6-13(7-10-15)14-8-5-12(3)16-13/h11-12,14H,4-10H2,1-3H3. The Morgan fingerprint density at radius 3 is 2.81 bits per heavy atom. The van der Waals surface area contributed by atoms with E-state index >= 15 is 0 Å². The lowest BCUT2D eigenvalue weighted by molar-refractivity contribution is 0.227. The van der Waals surface area contributed by atoms with Crippen LogP contribution in [-0.4, -0.2) is 40.7 Å². The first-order valence-electron chi connectivity index (χ1n) is 6.78. The fraction of sp³-hybridized carbons (Fsp3) is 1.00. The summed E-state index contributed by atoms with van der Waals surface area (Å²) in [6, 6.07) is 0.709. The van der Waals surface area contributed by atoms with Crippen molar-refractivity contribution in [2.75, 3.05) is 19.6 Å². The molecule has 2 fully saturated rings. The average Bonchev–Trinajstić information content (AvgIpc) is 2.41. The molecule has 2 heterocycles. The van der Waals surface area contributed by atoms with Crippen LogP contribution in [0.5, 0.6) is 0 Å². The minimum Gasteiger partial charge on any atom is -0.303 e. The van der Waals surface area contributed by atoms with E-state index in [1.165, 1.54) is 45.3 Å². The molecular weight excluding hydrogens is 216 g/mol. The number of thioether (sulfide) groups is 1. The van der Waals surface area contributed by atoms with Crippen LogP contribution in [0.1, 0.15) is 46.5 Å². The fourth-order valence-electron chi connectivity index (χ4n) is 2.93. The summed E-state index contributed by atoms with van der Waals surface area (Å²) in [7, 11) is 0. The van der Waals surface area contributed by atoms with Gasteiger partial charge in [0, 0.05) is 17.8 Å². The zero-order valence-corrected chi connectivity index (χ0v) is 11.8. The molecule has 94 valence electrons. The highest BCUT2D eigenvalue weighted by Gasteiger charge is 2.36. The van der Waals surface area contributed by atoms with Crippen LogP contribution in [-0.2, 0) is 0 Å². The first-order valence-corrected chi connectivity index (χ1v) is 7.66. The zero-order valence-electron chi connectivity index (χ0n) is 11.0. The van der Waals surface area contributed by atoms with E-state index in [9.17, 15) is 0 Å². The summed E-state index contributed by atoms with van der Waals surface area (Å²) in [6.45, 7) is 10.8. The van der Waals surface area contributed by atoms with Gasteiger partial charge in [-0.1, -0.05) is 6.92 Å². The normalized spacial score (nSPS) is 37.9. The van der Waals surface area contributed by atoms with E-state index in [-0.39, 0.29) is 0 Å². The molecule has 0 aromatic rings. The fourth-order valence-corrected chi connectivity index (χ4v) is 4.59. The molecule has 0 aliphatic carbocycles. The predicted octanol–water partition coefficient (Wildman–Crippen LogP) is 2.69. The van der Waals surface area contributed by atoms with Crippen molar-refractivity contribution in [1.29, 1.82) is 0 Å². The molecule has 3 heteroatoms. The molecule has 0 bridgehead atoms. The highest BCUT2D eigenvalue weighted by atomic mass is 32.2. The molecule has 16 heavy (non-hydrogen) atoms. The van der Waals surface area contributed by atoms with Gasteiger partial charge in [0.15, 0.2) is 0 Å². The van der Waals surface area contributed by atoms with Crippen LogP contribution >= 0.6 is 11.8 Å². The van der Waals surface area contributed by atoms with Gasteiger partial charge in [-0.15, -0.1) is 11.8 Å². The van der Waals surface area contributed by atoms with Crippen LogP contribution in [0.3, 0.4) is 0 Å². The topological polar surface area (TPSA) is 15.3 Å². The summed E-state index contributed by atoms with van der Waals surface area (Å²) in [5.41, 5.74) is 0. The third-order valence-electron chi connectivity index (χ3n) is 3.98. The second-order valence-corrected chi connectivity index (χ2v) is 7.44. The summed E-state index contributed by atoms with van der Waals surface area (Å²) < 4.78 is 0. The highest BCUT2D eigenvalue weighted by molar-refractivity contribution is 8.01. The lowest BCUT2D eigenvalue weighted by atomic mass is 10.1. The number of nitrogens with zero attached hydrogens (tertiary/aromatic N) is 1. The Labute approximate surface area is 105 Å². The number of likely N-dealkylation sites (tertiary alicyclic amines) is 1. The number of hydrogen-bond acceptors (Lipinski definition) is 3. The summed E-state index contributed by atoms with van der Waals surface area (Å²) in [4.78, 5) is 3.04. The quantitative estimate of drug-likeness (QED) is 0.761. The number of nitrogens with one attached hydrogen (secondary N) is 1. The van der Waals surface area contributed by atoms with E-state index in [0.717, 1.165) is 5.25 Å². The molecule has 2 nitrogen and oxygen atoms in total. The molecule has 0 radical (unpaired) electrons. The van der Waals surface area contributed by atoms with Crippen molar-refractivity contribution in [3.05, 3.63) is 0 Å². The predicted molar refractivity (Wildman–Crippen MR) is 73.0 cm³/mol. The van der Waals surface area contributed by atoms with E-state index in [4.69, 9.17) is 0 Å². The molecule has 2 unspecified atom stereocenters. The second-order valence-electron chi connectivity index (χ2n) is 5.62. The molecule has 1 spiro atoms. The molecular formula is C13H26N2S. The van der Waals surface area contributed by atoms with Crippen molar-refractivity contribution in [3.8, 4) is 0 Å². The van der Waals surface area contributed by atoms with Gasteiger partial charge in [-0.3, -0.25) is 0 Å². The number of rotatable bonds is 1. The van der Waals surface area contributed by atoms with Crippen molar-refractivity contribution in [1.82, 2.24) is 10.2 Å². The maximum Gasteiger partial charge on any atom is 0.0660 e. The summed E-state index contributed by atoms with van der Waals surface area (Å²) in [6.07, 6.45) is 5.36. The van der Waals surface area contributed by atoms with Crippen LogP contribution in [0, 0.1) is 0 Å². The third-order valence-corrected chi connectivity index (χ3v) is 5.63. The molecule has 0 saturated carbocycles. The van der Waals surface area contributed by atoms with Gasteiger partial charge in [0.2, 0.25) is 0 Å². The maximum absolute atomic E-state index is 3.80. The van der Waals surface area contributed by atoms with Crippen molar-refractivity contribution in [2.24, 2.45) is 0 Å². The summed E-state index contributed by atoms with van der Waals surface area (Å²) >= 11 is 2.20. The molecule has 0 aromatic heterocycles. The van der Waals surface area contributed by atoms with E-state index in [1.54, 1.807) is 0 Å². The first-order chi connectivity index (χ1) is 7.61. The Morgan fingerprint density at radius 2 is 2.12 bits per heavy atom. The maximum atomic E-state index is 3.80. The van der Waals surface area contributed by atoms with Gasteiger partial charge in [-0.05, 0) is 52.6 Å². The van der Waals surface area contributed by atoms with E-state index < -0.39 is 0 Å². The van der Waals surface area contributed by atoms with E-state index in [0.29, 0.717) is 10.9 Å². The average molecular weight is 242 g/mol. The second kappa shape index (κ2) is 5.28. The van der Waals surface area contributed by atoms with Crippen LogP contribution in [0.25, 0.3) is 0 Å². The van der Waals surface area contributed by atoms with Crippen LogP contribution in [0.15, 0.2) is 0 Å². The monoisotopic (exact) mass is 242 g/mol. The lowest BCUT2D eigenvalue weighted by Gasteiger charge is -2.40. The smallest absolute Gasteiger partial charge is 0.0660 e. The van der Waals surface area contributed by atoms with Crippen LogP contribution in [0.2, 0.25) is 0 Å². The molecule has 0 aromatic carbocycles. The Hall–Kier alpha value is 0.270. The molecule has 2 atom stereocenters. The third kappa shape index (κ3) is 2.93. The Bertz CT molecular complexity index is 232. The zero-order chi connectivity index (χ0) is 11.6. The van der Waals surface area contributed by atoms with Gasteiger partial charge in [-0.25, -0.2) is 0 Å². The van der Waals surface area contributed by atoms with Gasteiger partial charge in [0.25, 0.3) is 0 Å². The van der Waals surface area contributed by atoms with E-state index in [2.05, 4.69) is 42.7 Å². The Morgan fingerprint density at radius 1 is 1.31 bits per heavy atom.